The zero-order valence-corrected chi connectivity index (χ0v) is 6.82. The molecule has 0 aliphatic heterocycles. The molecular formula is C6H11N3S. The third-order valence-corrected chi connectivity index (χ3v) is 1.70. The van der Waals surface area contributed by atoms with Crippen molar-refractivity contribution < 1.29 is 0 Å². The molecule has 0 unspecified atom stereocenters. The number of hydrogen-bond donors (Lipinski definition) is 1. The Morgan fingerprint density at radius 1 is 1.70 bits per heavy atom. The Morgan fingerprint density at radius 3 is 3.20 bits per heavy atom. The van der Waals surface area contributed by atoms with Crippen molar-refractivity contribution in [3.8, 4) is 0 Å². The van der Waals surface area contributed by atoms with Crippen LogP contribution in [0.2, 0.25) is 0 Å². The average Bonchev–Trinajstić information content (AvgIpc) is 2.41. The Labute approximate surface area is 64.6 Å². The first-order chi connectivity index (χ1) is 4.93. The second kappa shape index (κ2) is 4.22. The summed E-state index contributed by atoms with van der Waals surface area (Å²) in [6.07, 6.45) is 2.40. The van der Waals surface area contributed by atoms with Crippen LogP contribution in [0.5, 0.6) is 0 Å². The largest absolute Gasteiger partial charge is 0.368 e. The van der Waals surface area contributed by atoms with E-state index in [1.807, 2.05) is 5.38 Å². The zero-order valence-electron chi connectivity index (χ0n) is 6.00. The summed E-state index contributed by atoms with van der Waals surface area (Å²) in [5.74, 6) is 0.901. The molecule has 0 spiro atoms. The smallest absolute Gasteiger partial charge is 0.161 e. The first-order valence-electron chi connectivity index (χ1n) is 3.44. The monoisotopic (exact) mass is 157 g/mol. The summed E-state index contributed by atoms with van der Waals surface area (Å²) in [4.78, 5) is 0. The van der Waals surface area contributed by atoms with Gasteiger partial charge in [0.1, 0.15) is 0 Å². The topological polar surface area (TPSA) is 37.8 Å². The lowest BCUT2D eigenvalue weighted by molar-refractivity contribution is 0.830. The molecule has 1 aromatic rings. The number of nitrogens with one attached hydrogen (secondary N) is 1. The maximum absolute atomic E-state index is 3.85. The molecule has 1 heterocycles. The van der Waals surface area contributed by atoms with E-state index in [1.165, 1.54) is 24.4 Å². The number of rotatable bonds is 4. The Bertz CT molecular complexity index is 162. The second-order valence-corrected chi connectivity index (χ2v) is 2.68. The van der Waals surface area contributed by atoms with E-state index in [1.54, 1.807) is 0 Å². The Balaban J connectivity index is 2.15. The lowest BCUT2D eigenvalue weighted by Gasteiger charge is -1.97. The summed E-state index contributed by atoms with van der Waals surface area (Å²) in [6.45, 7) is 3.17. The molecule has 0 bridgehead atoms. The number of aromatic nitrogens is 2. The zero-order chi connectivity index (χ0) is 7.23. The van der Waals surface area contributed by atoms with E-state index in [-0.39, 0.29) is 0 Å². The first kappa shape index (κ1) is 7.47. The maximum atomic E-state index is 3.85. The van der Waals surface area contributed by atoms with Gasteiger partial charge in [0.15, 0.2) is 5.82 Å². The van der Waals surface area contributed by atoms with Gasteiger partial charge in [-0.2, -0.15) is 0 Å². The van der Waals surface area contributed by atoms with Crippen molar-refractivity contribution in [3.05, 3.63) is 5.38 Å². The summed E-state index contributed by atoms with van der Waals surface area (Å²) < 4.78 is 3.73. The number of unbranched alkanes of at least 4 members (excludes halogenated alkanes) is 1. The molecule has 1 rings (SSSR count). The molecule has 1 N–H and O–H groups in total. The average molecular weight is 157 g/mol. The highest BCUT2D eigenvalue weighted by atomic mass is 32.1. The lowest BCUT2D eigenvalue weighted by Crippen LogP contribution is -2.00. The molecule has 0 aliphatic rings. The van der Waals surface area contributed by atoms with E-state index in [9.17, 15) is 0 Å². The van der Waals surface area contributed by atoms with Gasteiger partial charge < -0.3 is 5.32 Å². The molecule has 0 fully saturated rings. The van der Waals surface area contributed by atoms with Crippen molar-refractivity contribution in [2.45, 2.75) is 19.8 Å². The summed E-state index contributed by atoms with van der Waals surface area (Å²) in [7, 11) is 0. The number of anilines is 1. The second-order valence-electron chi connectivity index (χ2n) is 2.07. The van der Waals surface area contributed by atoms with Gasteiger partial charge in [-0.25, -0.2) is 0 Å². The first-order valence-corrected chi connectivity index (χ1v) is 4.28. The molecule has 1 aromatic heterocycles. The van der Waals surface area contributed by atoms with Crippen molar-refractivity contribution in [2.75, 3.05) is 11.9 Å². The molecule has 0 amide bonds. The molecule has 0 saturated heterocycles. The third kappa shape index (κ3) is 2.31. The van der Waals surface area contributed by atoms with Crippen molar-refractivity contribution in [3.63, 3.8) is 0 Å². The minimum atomic E-state index is 0.901. The van der Waals surface area contributed by atoms with E-state index in [2.05, 4.69) is 21.8 Å². The Hall–Kier alpha value is -0.640. The number of hydrogen-bond acceptors (Lipinski definition) is 4. The standard InChI is InChI=1S/C6H11N3S/c1-2-3-4-7-6-5-10-9-8-6/h5,7H,2-4H2,1H3. The predicted molar refractivity (Wildman–Crippen MR) is 43.3 cm³/mol. The van der Waals surface area contributed by atoms with Gasteiger partial charge in [0.2, 0.25) is 0 Å². The van der Waals surface area contributed by atoms with Crippen LogP contribution in [-0.2, 0) is 0 Å². The molecule has 3 nitrogen and oxygen atoms in total. The van der Waals surface area contributed by atoms with Crippen LogP contribution in [0, 0.1) is 0 Å². The third-order valence-electron chi connectivity index (χ3n) is 1.20. The Kier molecular flexibility index (Phi) is 3.15. The minimum absolute atomic E-state index is 0.901. The van der Waals surface area contributed by atoms with E-state index in [0.29, 0.717) is 0 Å². The van der Waals surface area contributed by atoms with Gasteiger partial charge in [-0.05, 0) is 18.0 Å². The highest BCUT2D eigenvalue weighted by Crippen LogP contribution is 2.02. The van der Waals surface area contributed by atoms with Crippen LogP contribution in [-0.4, -0.2) is 16.1 Å². The molecule has 0 aromatic carbocycles. The van der Waals surface area contributed by atoms with Crippen LogP contribution >= 0.6 is 11.5 Å². The molecule has 10 heavy (non-hydrogen) atoms. The molecule has 0 atom stereocenters. The van der Waals surface area contributed by atoms with E-state index in [0.717, 1.165) is 12.4 Å². The summed E-state index contributed by atoms with van der Waals surface area (Å²) in [5.41, 5.74) is 0. The van der Waals surface area contributed by atoms with Gasteiger partial charge in [-0.1, -0.05) is 17.8 Å². The van der Waals surface area contributed by atoms with Crippen LogP contribution < -0.4 is 5.32 Å². The van der Waals surface area contributed by atoms with E-state index < -0.39 is 0 Å². The highest BCUT2D eigenvalue weighted by molar-refractivity contribution is 7.03. The molecule has 0 saturated carbocycles. The van der Waals surface area contributed by atoms with Gasteiger partial charge >= 0.3 is 0 Å². The summed E-state index contributed by atoms with van der Waals surface area (Å²) in [5, 5.41) is 8.92. The summed E-state index contributed by atoms with van der Waals surface area (Å²) >= 11 is 1.37. The van der Waals surface area contributed by atoms with E-state index >= 15 is 0 Å². The highest BCUT2D eigenvalue weighted by Gasteiger charge is 1.91. The lowest BCUT2D eigenvalue weighted by atomic mass is 10.3. The van der Waals surface area contributed by atoms with Crippen LogP contribution in [0.3, 0.4) is 0 Å². The van der Waals surface area contributed by atoms with Gasteiger partial charge in [0.05, 0.1) is 5.38 Å². The predicted octanol–water partition coefficient (Wildman–Crippen LogP) is 1.75. The van der Waals surface area contributed by atoms with Gasteiger partial charge in [-0.15, -0.1) is 5.10 Å². The molecular weight excluding hydrogens is 146 g/mol. The van der Waals surface area contributed by atoms with Crippen molar-refractivity contribution in [2.24, 2.45) is 0 Å². The molecule has 0 aliphatic carbocycles. The Morgan fingerprint density at radius 2 is 2.60 bits per heavy atom. The fraction of sp³-hybridized carbons (Fsp3) is 0.667. The number of nitrogens with zero attached hydrogens (tertiary/aromatic N) is 2. The molecule has 4 heteroatoms. The van der Waals surface area contributed by atoms with Crippen LogP contribution in [0.1, 0.15) is 19.8 Å². The van der Waals surface area contributed by atoms with E-state index in [4.69, 9.17) is 0 Å². The van der Waals surface area contributed by atoms with Crippen molar-refractivity contribution in [1.82, 2.24) is 9.59 Å². The fourth-order valence-electron chi connectivity index (χ4n) is 0.635. The van der Waals surface area contributed by atoms with Crippen LogP contribution in [0.25, 0.3) is 0 Å². The SMILES string of the molecule is CCCCNc1csnn1. The van der Waals surface area contributed by atoms with Crippen molar-refractivity contribution in [1.29, 1.82) is 0 Å². The van der Waals surface area contributed by atoms with Gasteiger partial charge in [0.25, 0.3) is 0 Å². The molecule has 0 radical (unpaired) electrons. The van der Waals surface area contributed by atoms with Gasteiger partial charge in [0, 0.05) is 6.54 Å². The maximum Gasteiger partial charge on any atom is 0.161 e. The van der Waals surface area contributed by atoms with Gasteiger partial charge in [-0.3, -0.25) is 0 Å². The minimum Gasteiger partial charge on any atom is -0.368 e. The normalized spacial score (nSPS) is 9.70. The van der Waals surface area contributed by atoms with Crippen molar-refractivity contribution >= 4 is 17.4 Å². The van der Waals surface area contributed by atoms with Crippen LogP contribution in [0.4, 0.5) is 5.82 Å². The quantitative estimate of drug-likeness (QED) is 0.677. The fourth-order valence-corrected chi connectivity index (χ4v) is 1.05. The molecule has 56 valence electrons. The summed E-state index contributed by atoms with van der Waals surface area (Å²) in [6, 6.07) is 0. The van der Waals surface area contributed by atoms with Crippen LogP contribution in [0.15, 0.2) is 5.38 Å².